The van der Waals surface area contributed by atoms with Gasteiger partial charge in [-0.3, -0.25) is 0 Å². The molecule has 0 aromatic carbocycles. The summed E-state index contributed by atoms with van der Waals surface area (Å²) in [5.41, 5.74) is 2.59. The van der Waals surface area contributed by atoms with E-state index in [2.05, 4.69) is 13.5 Å². The van der Waals surface area contributed by atoms with Gasteiger partial charge in [-0.15, -0.1) is 0 Å². The lowest BCUT2D eigenvalue weighted by molar-refractivity contribution is -0.363. The highest BCUT2D eigenvalue weighted by molar-refractivity contribution is 5.29. The van der Waals surface area contributed by atoms with Crippen molar-refractivity contribution in [1.29, 1.82) is 0 Å². The number of aliphatic hydroxyl groups is 14. The molecule has 0 radical (unpaired) electrons. The molecule has 5 fully saturated rings. The van der Waals surface area contributed by atoms with Crippen molar-refractivity contribution < 1.29 is 109 Å². The Labute approximate surface area is 351 Å². The molecule has 0 spiro atoms. The Hall–Kier alpha value is -1.40. The Morgan fingerprint density at radius 1 is 0.574 bits per heavy atom. The molecule has 4 aliphatic heterocycles. The third-order valence-corrected chi connectivity index (χ3v) is 13.2. The van der Waals surface area contributed by atoms with E-state index in [1.54, 1.807) is 0 Å². The Morgan fingerprint density at radius 2 is 1.00 bits per heavy atom. The van der Waals surface area contributed by atoms with Crippen molar-refractivity contribution in [2.24, 2.45) is 11.3 Å². The van der Waals surface area contributed by atoms with Crippen LogP contribution in [0.2, 0.25) is 0 Å². The lowest BCUT2D eigenvalue weighted by Gasteiger charge is -2.49. The van der Waals surface area contributed by atoms with E-state index in [0.717, 1.165) is 5.57 Å². The van der Waals surface area contributed by atoms with Gasteiger partial charge in [-0.2, -0.15) is 0 Å². The summed E-state index contributed by atoms with van der Waals surface area (Å²) in [5.74, 6) is -0.0401. The van der Waals surface area contributed by atoms with Gasteiger partial charge in [-0.05, 0) is 55.9 Å². The molecule has 61 heavy (non-hydrogen) atoms. The second-order valence-corrected chi connectivity index (χ2v) is 17.4. The first-order valence-electron chi connectivity index (χ1n) is 20.7. The Bertz CT molecular complexity index is 1480. The quantitative estimate of drug-likeness (QED) is 0.0722. The molecule has 22 heteroatoms. The number of hydrogen-bond donors (Lipinski definition) is 14. The van der Waals surface area contributed by atoms with Gasteiger partial charge in [0.05, 0.1) is 39.1 Å². The molecular weight excluding hydrogens is 820 g/mol. The zero-order valence-electron chi connectivity index (χ0n) is 34.0. The van der Waals surface area contributed by atoms with Gasteiger partial charge in [0, 0.05) is 0 Å². The van der Waals surface area contributed by atoms with Crippen LogP contribution in [0, 0.1) is 11.3 Å². The second kappa shape index (κ2) is 20.4. The first kappa shape index (κ1) is 49.0. The van der Waals surface area contributed by atoms with Gasteiger partial charge in [0.25, 0.3) is 0 Å². The van der Waals surface area contributed by atoms with Crippen molar-refractivity contribution in [2.75, 3.05) is 33.0 Å². The summed E-state index contributed by atoms with van der Waals surface area (Å²) in [6.45, 7) is 5.42. The van der Waals surface area contributed by atoms with Gasteiger partial charge in [0.2, 0.25) is 0 Å². The Kier molecular flexibility index (Phi) is 16.4. The average molecular weight is 885 g/mol. The zero-order valence-corrected chi connectivity index (χ0v) is 34.0. The second-order valence-electron chi connectivity index (χ2n) is 17.4. The highest BCUT2D eigenvalue weighted by Crippen LogP contribution is 2.53. The van der Waals surface area contributed by atoms with Crippen LogP contribution >= 0.6 is 0 Å². The van der Waals surface area contributed by atoms with Crippen LogP contribution in [0.4, 0.5) is 0 Å². The number of hydrogen-bond acceptors (Lipinski definition) is 22. The topological polar surface area (TPSA) is 357 Å². The van der Waals surface area contributed by atoms with Crippen molar-refractivity contribution in [2.45, 2.75) is 175 Å². The molecule has 6 aliphatic rings. The SMILES string of the molecule is C=C(COC1OC(CO)C(OC2OC(CO)C(O)C(O)C2O)C(O)C1O)[C@H]1CC[C@@]2(C)C[C@@H](OC3OC(CO)C(OC4OC(CO)C(O)C(O)C4O)C(O)C3O)CC(C)=C2C1. The molecule has 1 saturated carbocycles. The van der Waals surface area contributed by atoms with Crippen molar-refractivity contribution in [3.05, 3.63) is 23.3 Å². The van der Waals surface area contributed by atoms with Crippen LogP contribution in [0.15, 0.2) is 23.3 Å². The van der Waals surface area contributed by atoms with Crippen molar-refractivity contribution in [3.63, 3.8) is 0 Å². The molecule has 20 unspecified atom stereocenters. The Balaban J connectivity index is 1.02. The third-order valence-electron chi connectivity index (χ3n) is 13.2. The zero-order chi connectivity index (χ0) is 44.7. The van der Waals surface area contributed by atoms with Crippen LogP contribution in [0.25, 0.3) is 0 Å². The maximum atomic E-state index is 11.1. The first-order chi connectivity index (χ1) is 28.9. The van der Waals surface area contributed by atoms with E-state index in [1.807, 2.05) is 6.92 Å². The summed E-state index contributed by atoms with van der Waals surface area (Å²) in [6, 6.07) is 0. The normalized spacial score (nSPS) is 49.7. The van der Waals surface area contributed by atoms with E-state index in [0.29, 0.717) is 37.7 Å². The fraction of sp³-hybridized carbons (Fsp3) is 0.897. The Morgan fingerprint density at radius 3 is 1.49 bits per heavy atom. The average Bonchev–Trinajstić information content (AvgIpc) is 3.24. The van der Waals surface area contributed by atoms with Crippen LogP contribution in [0.5, 0.6) is 0 Å². The number of fused-ring (bicyclic) bond motifs is 1. The highest BCUT2D eigenvalue weighted by atomic mass is 16.8. The van der Waals surface area contributed by atoms with Crippen LogP contribution in [-0.2, 0) is 37.9 Å². The van der Waals surface area contributed by atoms with Gasteiger partial charge in [-0.1, -0.05) is 24.6 Å². The van der Waals surface area contributed by atoms with Gasteiger partial charge in [0.1, 0.15) is 97.7 Å². The molecular formula is C39H64O22. The van der Waals surface area contributed by atoms with Gasteiger partial charge >= 0.3 is 0 Å². The first-order valence-corrected chi connectivity index (χ1v) is 20.7. The molecule has 0 aromatic heterocycles. The molecule has 4 heterocycles. The maximum Gasteiger partial charge on any atom is 0.187 e. The number of ether oxygens (including phenoxy) is 8. The highest BCUT2D eigenvalue weighted by Gasteiger charge is 2.53. The molecule has 0 amide bonds. The van der Waals surface area contributed by atoms with Crippen LogP contribution < -0.4 is 0 Å². The predicted octanol–water partition coefficient (Wildman–Crippen LogP) is -5.89. The van der Waals surface area contributed by atoms with Crippen LogP contribution in [0.3, 0.4) is 0 Å². The molecule has 22 nitrogen and oxygen atoms in total. The largest absolute Gasteiger partial charge is 0.394 e. The van der Waals surface area contributed by atoms with Crippen molar-refractivity contribution >= 4 is 0 Å². The third kappa shape index (κ3) is 10.1. The fourth-order valence-corrected chi connectivity index (χ4v) is 9.49. The smallest absolute Gasteiger partial charge is 0.187 e. The number of rotatable bonds is 14. The molecule has 352 valence electrons. The van der Waals surface area contributed by atoms with Crippen LogP contribution in [-0.4, -0.2) is 233 Å². The molecule has 14 N–H and O–H groups in total. The van der Waals surface area contributed by atoms with E-state index in [-0.39, 0.29) is 17.9 Å². The van der Waals surface area contributed by atoms with E-state index in [4.69, 9.17) is 37.9 Å². The monoisotopic (exact) mass is 884 g/mol. The standard InChI is InChI=1S/C39H64O22/c1-14-6-17(55-36-32(53)28(49)34(22(12-43)59-36)61-38-30(51)26(47)24(45)20(10-41)57-38)8-39(3)5-4-16(7-18(14)39)15(2)13-54-35-31(52)27(48)33(21(11-42)58-35)60-37-29(50)25(46)23(44)19(9-40)56-37/h16-17,19-38,40-53H,2,4-13H2,1,3H3/t16-,17-,19?,20?,21?,22?,23?,24?,25?,26?,27?,28?,29?,30?,31?,32?,33?,34?,35?,36?,37?,38?,39-/m0/s1. The molecule has 0 bridgehead atoms. The summed E-state index contributed by atoms with van der Waals surface area (Å²) in [6.07, 6.45) is -28.8. The summed E-state index contributed by atoms with van der Waals surface area (Å²) >= 11 is 0. The fourth-order valence-electron chi connectivity index (χ4n) is 9.49. The van der Waals surface area contributed by atoms with E-state index in [9.17, 15) is 71.5 Å². The summed E-state index contributed by atoms with van der Waals surface area (Å²) in [5, 5.41) is 145. The minimum absolute atomic E-state index is 0.0401. The minimum Gasteiger partial charge on any atom is -0.394 e. The molecule has 2 aliphatic carbocycles. The van der Waals surface area contributed by atoms with E-state index < -0.39 is 155 Å². The number of allylic oxidation sites excluding steroid dienone is 1. The molecule has 23 atom stereocenters. The van der Waals surface area contributed by atoms with Crippen molar-refractivity contribution in [1.82, 2.24) is 0 Å². The van der Waals surface area contributed by atoms with E-state index in [1.165, 1.54) is 5.57 Å². The van der Waals surface area contributed by atoms with Gasteiger partial charge in [0.15, 0.2) is 25.2 Å². The lowest BCUT2D eigenvalue weighted by atomic mass is 9.60. The molecule has 6 rings (SSSR count). The van der Waals surface area contributed by atoms with Crippen LogP contribution in [0.1, 0.15) is 46.0 Å². The molecule has 4 saturated heterocycles. The molecule has 0 aromatic rings. The maximum absolute atomic E-state index is 11.1. The minimum atomic E-state index is -1.79. The summed E-state index contributed by atoms with van der Waals surface area (Å²) in [4.78, 5) is 0. The number of aliphatic hydroxyl groups excluding tert-OH is 14. The van der Waals surface area contributed by atoms with Crippen molar-refractivity contribution in [3.8, 4) is 0 Å². The summed E-state index contributed by atoms with van der Waals surface area (Å²) < 4.78 is 45.8. The lowest BCUT2D eigenvalue weighted by Crippen LogP contribution is -2.65. The predicted molar refractivity (Wildman–Crippen MR) is 200 cm³/mol. The van der Waals surface area contributed by atoms with Gasteiger partial charge in [-0.25, -0.2) is 0 Å². The van der Waals surface area contributed by atoms with Gasteiger partial charge < -0.3 is 109 Å². The summed E-state index contributed by atoms with van der Waals surface area (Å²) in [7, 11) is 0. The van der Waals surface area contributed by atoms with E-state index >= 15 is 0 Å².